The van der Waals surface area contributed by atoms with Crippen molar-refractivity contribution in [3.63, 3.8) is 0 Å². The van der Waals surface area contributed by atoms with E-state index in [0.717, 1.165) is 30.4 Å². The molecule has 1 aliphatic heterocycles. The molecule has 2 aromatic carbocycles. The lowest BCUT2D eigenvalue weighted by Gasteiger charge is -2.42. The summed E-state index contributed by atoms with van der Waals surface area (Å²) in [5, 5.41) is 0. The first-order valence-corrected chi connectivity index (χ1v) is 16.2. The first-order chi connectivity index (χ1) is 17.4. The first kappa shape index (κ1) is 29.2. The minimum atomic E-state index is -2.02. The highest BCUT2D eigenvalue weighted by Gasteiger charge is 2.50. The number of hydrogen-bond donors (Lipinski definition) is 0. The van der Waals surface area contributed by atoms with Crippen LogP contribution < -0.4 is 4.43 Å². The summed E-state index contributed by atoms with van der Waals surface area (Å²) in [6.07, 6.45) is 4.22. The van der Waals surface area contributed by atoms with E-state index in [1.54, 1.807) is 6.92 Å². The molecule has 1 saturated heterocycles. The van der Waals surface area contributed by atoms with Crippen LogP contribution >= 0.6 is 0 Å². The Kier molecular flexibility index (Phi) is 9.44. The zero-order chi connectivity index (χ0) is 27.4. The van der Waals surface area contributed by atoms with Crippen molar-refractivity contribution in [2.24, 2.45) is 5.41 Å². The molecular weight excluding hydrogens is 474 g/mol. The van der Waals surface area contributed by atoms with Crippen LogP contribution in [-0.2, 0) is 22.4 Å². The minimum Gasteiger partial charge on any atom is -0.543 e. The third-order valence-electron chi connectivity index (χ3n) is 8.76. The zero-order valence-electron chi connectivity index (χ0n) is 24.2. The second kappa shape index (κ2) is 12.0. The highest BCUT2D eigenvalue weighted by Crippen LogP contribution is 2.44. The van der Waals surface area contributed by atoms with E-state index in [4.69, 9.17) is 4.43 Å². The van der Waals surface area contributed by atoms with E-state index in [1.807, 2.05) is 17.9 Å². The Morgan fingerprint density at radius 3 is 2.03 bits per heavy atom. The average molecular weight is 522 g/mol. The molecule has 0 spiro atoms. The number of hydrogen-bond acceptors (Lipinski definition) is 3. The highest BCUT2D eigenvalue weighted by atomic mass is 28.4. The van der Waals surface area contributed by atoms with Crippen LogP contribution in [0.25, 0.3) is 0 Å². The van der Waals surface area contributed by atoms with Gasteiger partial charge in [0.15, 0.2) is 0 Å². The van der Waals surface area contributed by atoms with Gasteiger partial charge < -0.3 is 14.1 Å². The van der Waals surface area contributed by atoms with E-state index in [-0.39, 0.29) is 18.0 Å². The van der Waals surface area contributed by atoms with Crippen LogP contribution in [-0.4, -0.2) is 37.5 Å². The molecule has 0 aliphatic carbocycles. The van der Waals surface area contributed by atoms with Crippen LogP contribution in [0.2, 0.25) is 16.6 Å². The fourth-order valence-electron chi connectivity index (χ4n) is 6.94. The molecular formula is C32H47NO3Si. The summed E-state index contributed by atoms with van der Waals surface area (Å²) < 4.78 is 6.84. The van der Waals surface area contributed by atoms with Crippen molar-refractivity contribution in [2.75, 3.05) is 0 Å². The van der Waals surface area contributed by atoms with Crippen molar-refractivity contribution < 1.29 is 14.0 Å². The Morgan fingerprint density at radius 2 is 1.54 bits per heavy atom. The van der Waals surface area contributed by atoms with Crippen molar-refractivity contribution in [3.05, 3.63) is 65.7 Å². The smallest absolute Gasteiger partial charge is 0.258 e. The number of rotatable bonds is 11. The topological polar surface area (TPSA) is 46.6 Å². The maximum Gasteiger partial charge on any atom is 0.258 e. The zero-order valence-corrected chi connectivity index (χ0v) is 25.2. The third kappa shape index (κ3) is 6.19. The number of aldehydes is 1. The SMILES string of the molecule is CC(=O)N1C(CCc2ccccc2)CC(C)(C=O)C1Cc1ccc(O[Si](C(C)C)(C(C)C)C(C)C)cc1. The molecule has 0 bridgehead atoms. The standard InChI is InChI=1S/C32H47NO3Si/c1-23(2)37(24(3)4,25(5)6)36-30-18-15-28(16-19-30)20-31-32(8,22-34)21-29(33(31)26(7)35)17-14-27-12-10-9-11-13-27/h9-13,15-16,18-19,22-25,29,31H,14,17,20-21H2,1-8H3. The van der Waals surface area contributed by atoms with Crippen molar-refractivity contribution in [2.45, 2.75) is 110 Å². The van der Waals surface area contributed by atoms with Crippen LogP contribution in [0, 0.1) is 5.41 Å². The average Bonchev–Trinajstić information content (AvgIpc) is 3.14. The Balaban J connectivity index is 1.80. The number of carbonyl (C=O) groups is 2. The van der Waals surface area contributed by atoms with Gasteiger partial charge >= 0.3 is 0 Å². The van der Waals surface area contributed by atoms with Crippen molar-refractivity contribution in [1.82, 2.24) is 4.90 Å². The van der Waals surface area contributed by atoms with Gasteiger partial charge in [-0.1, -0.05) is 90.9 Å². The Morgan fingerprint density at radius 1 is 0.973 bits per heavy atom. The molecule has 3 unspecified atom stereocenters. The van der Waals surface area contributed by atoms with Gasteiger partial charge in [0, 0.05) is 24.4 Å². The summed E-state index contributed by atoms with van der Waals surface area (Å²) in [6, 6.07) is 18.7. The van der Waals surface area contributed by atoms with Gasteiger partial charge in [0.25, 0.3) is 8.32 Å². The van der Waals surface area contributed by atoms with Crippen LogP contribution in [0.15, 0.2) is 54.6 Å². The minimum absolute atomic E-state index is 0.0511. The molecule has 1 fully saturated rings. The van der Waals surface area contributed by atoms with Gasteiger partial charge in [0.1, 0.15) is 12.0 Å². The lowest BCUT2D eigenvalue weighted by Crippen LogP contribution is -2.50. The molecule has 1 amide bonds. The van der Waals surface area contributed by atoms with Gasteiger partial charge in [-0.15, -0.1) is 0 Å². The molecule has 4 nitrogen and oxygen atoms in total. The second-order valence-electron chi connectivity index (χ2n) is 12.2. The molecule has 3 atom stereocenters. The van der Waals surface area contributed by atoms with E-state index >= 15 is 0 Å². The van der Waals surface area contributed by atoms with Gasteiger partial charge in [-0.05, 0) is 65.6 Å². The molecule has 37 heavy (non-hydrogen) atoms. The van der Waals surface area contributed by atoms with Crippen LogP contribution in [0.4, 0.5) is 0 Å². The third-order valence-corrected chi connectivity index (χ3v) is 14.8. The second-order valence-corrected chi connectivity index (χ2v) is 17.6. The number of benzene rings is 2. The van der Waals surface area contributed by atoms with Crippen molar-refractivity contribution in [1.29, 1.82) is 0 Å². The lowest BCUT2D eigenvalue weighted by molar-refractivity contribution is -0.133. The van der Waals surface area contributed by atoms with E-state index in [9.17, 15) is 9.59 Å². The molecule has 1 aliphatic rings. The molecule has 0 N–H and O–H groups in total. The molecule has 2 aromatic rings. The van der Waals surface area contributed by atoms with Gasteiger partial charge in [-0.3, -0.25) is 4.79 Å². The predicted molar refractivity (Wildman–Crippen MR) is 155 cm³/mol. The summed E-state index contributed by atoms with van der Waals surface area (Å²) in [4.78, 5) is 27.2. The van der Waals surface area contributed by atoms with E-state index in [1.165, 1.54) is 5.56 Å². The molecule has 3 rings (SSSR count). The normalized spacial score (nSPS) is 22.2. The van der Waals surface area contributed by atoms with Crippen molar-refractivity contribution in [3.8, 4) is 5.75 Å². The quantitative estimate of drug-likeness (QED) is 0.226. The van der Waals surface area contributed by atoms with E-state index in [0.29, 0.717) is 29.5 Å². The fourth-order valence-corrected chi connectivity index (χ4v) is 12.2. The number of carbonyl (C=O) groups excluding carboxylic acids is 2. The molecule has 0 radical (unpaired) electrons. The first-order valence-electron chi connectivity index (χ1n) is 14.0. The van der Waals surface area contributed by atoms with Gasteiger partial charge in [-0.25, -0.2) is 0 Å². The van der Waals surface area contributed by atoms with Crippen LogP contribution in [0.1, 0.15) is 79.4 Å². The number of nitrogens with zero attached hydrogens (tertiary/aromatic N) is 1. The Hall–Kier alpha value is -2.40. The fraction of sp³-hybridized carbons (Fsp3) is 0.562. The number of likely N-dealkylation sites (tertiary alicyclic amines) is 1. The largest absolute Gasteiger partial charge is 0.543 e. The van der Waals surface area contributed by atoms with Crippen molar-refractivity contribution >= 4 is 20.5 Å². The summed E-state index contributed by atoms with van der Waals surface area (Å²) in [5.41, 5.74) is 3.37. The summed E-state index contributed by atoms with van der Waals surface area (Å²) in [7, 11) is -2.02. The Bertz CT molecular complexity index is 1010. The molecule has 5 heteroatoms. The Labute approximate surface area is 225 Å². The molecule has 202 valence electrons. The maximum absolute atomic E-state index is 12.9. The predicted octanol–water partition coefficient (Wildman–Crippen LogP) is 7.61. The highest BCUT2D eigenvalue weighted by molar-refractivity contribution is 6.78. The molecule has 0 saturated carbocycles. The van der Waals surface area contributed by atoms with E-state index < -0.39 is 13.7 Å². The van der Waals surface area contributed by atoms with E-state index in [2.05, 4.69) is 90.1 Å². The lowest BCUT2D eigenvalue weighted by atomic mass is 9.80. The monoisotopic (exact) mass is 521 g/mol. The summed E-state index contributed by atoms with van der Waals surface area (Å²) >= 11 is 0. The van der Waals surface area contributed by atoms with Crippen LogP contribution in [0.3, 0.4) is 0 Å². The van der Waals surface area contributed by atoms with Gasteiger partial charge in [0.2, 0.25) is 5.91 Å². The number of aryl methyl sites for hydroxylation is 1. The molecule has 1 heterocycles. The van der Waals surface area contributed by atoms with Gasteiger partial charge in [-0.2, -0.15) is 0 Å². The number of amides is 1. The van der Waals surface area contributed by atoms with Crippen LogP contribution in [0.5, 0.6) is 5.75 Å². The molecule has 0 aromatic heterocycles. The maximum atomic E-state index is 12.9. The van der Waals surface area contributed by atoms with Gasteiger partial charge in [0.05, 0.1) is 0 Å². The summed E-state index contributed by atoms with van der Waals surface area (Å²) in [5.74, 6) is 0.982. The summed E-state index contributed by atoms with van der Waals surface area (Å²) in [6.45, 7) is 17.4.